The van der Waals surface area contributed by atoms with Crippen LogP contribution in [0.3, 0.4) is 0 Å². The molecule has 2 amide bonds. The SMILES string of the molecule is CCN1C(=O)CC(C(=O)Nc2ccc(Cl)c(Cl)c2)SC1=Nc1ccccc1OC. The van der Waals surface area contributed by atoms with E-state index < -0.39 is 5.25 Å². The molecule has 1 N–H and O–H groups in total. The fraction of sp³-hybridized carbons (Fsp3) is 0.250. The number of para-hydroxylation sites is 2. The largest absolute Gasteiger partial charge is 0.494 e. The molecule has 2 aromatic carbocycles. The normalized spacial score (nSPS) is 18.1. The Morgan fingerprint density at radius 2 is 2.03 bits per heavy atom. The zero-order chi connectivity index (χ0) is 21.0. The van der Waals surface area contributed by atoms with E-state index in [4.69, 9.17) is 27.9 Å². The van der Waals surface area contributed by atoms with E-state index >= 15 is 0 Å². The van der Waals surface area contributed by atoms with Gasteiger partial charge in [0, 0.05) is 18.7 Å². The molecular formula is C20H19Cl2N3O3S. The van der Waals surface area contributed by atoms with E-state index in [9.17, 15) is 9.59 Å². The van der Waals surface area contributed by atoms with Crippen molar-refractivity contribution in [1.29, 1.82) is 0 Å². The van der Waals surface area contributed by atoms with Crippen LogP contribution in [0, 0.1) is 0 Å². The van der Waals surface area contributed by atoms with E-state index in [1.54, 1.807) is 42.3 Å². The highest BCUT2D eigenvalue weighted by atomic mass is 35.5. The third kappa shape index (κ3) is 5.04. The Balaban J connectivity index is 1.84. The van der Waals surface area contributed by atoms with E-state index in [0.717, 1.165) is 0 Å². The molecule has 2 aromatic rings. The second kappa shape index (κ2) is 9.52. The number of rotatable bonds is 5. The maximum atomic E-state index is 12.8. The molecule has 0 saturated carbocycles. The third-order valence-corrected chi connectivity index (χ3v) is 6.16. The minimum absolute atomic E-state index is 0.0800. The summed E-state index contributed by atoms with van der Waals surface area (Å²) in [4.78, 5) is 31.6. The summed E-state index contributed by atoms with van der Waals surface area (Å²) in [6.45, 7) is 2.33. The summed E-state index contributed by atoms with van der Waals surface area (Å²) >= 11 is 13.2. The Bertz CT molecular complexity index is 968. The number of halogens is 2. The number of nitrogens with zero attached hydrogens (tertiary/aromatic N) is 2. The van der Waals surface area contributed by atoms with Crippen LogP contribution in [-0.4, -0.2) is 40.8 Å². The van der Waals surface area contributed by atoms with Gasteiger partial charge in [0.2, 0.25) is 11.8 Å². The van der Waals surface area contributed by atoms with Crippen LogP contribution in [0.15, 0.2) is 47.5 Å². The summed E-state index contributed by atoms with van der Waals surface area (Å²) in [5, 5.41) is 3.37. The summed E-state index contributed by atoms with van der Waals surface area (Å²) < 4.78 is 5.33. The molecule has 0 radical (unpaired) electrons. The van der Waals surface area contributed by atoms with Gasteiger partial charge < -0.3 is 10.1 Å². The second-order valence-corrected chi connectivity index (χ2v) is 8.12. The number of methoxy groups -OCH3 is 1. The molecule has 1 aliphatic heterocycles. The van der Waals surface area contributed by atoms with E-state index in [2.05, 4.69) is 10.3 Å². The molecule has 29 heavy (non-hydrogen) atoms. The minimum Gasteiger partial charge on any atom is -0.494 e. The van der Waals surface area contributed by atoms with Crippen LogP contribution >= 0.6 is 35.0 Å². The molecule has 3 rings (SSSR count). The van der Waals surface area contributed by atoms with Gasteiger partial charge in [-0.3, -0.25) is 14.5 Å². The number of aliphatic imine (C=N–C) groups is 1. The molecule has 0 bridgehead atoms. The highest BCUT2D eigenvalue weighted by Crippen LogP contribution is 2.33. The number of carbonyl (C=O) groups is 2. The molecule has 1 heterocycles. The number of ether oxygens (including phenoxy) is 1. The summed E-state index contributed by atoms with van der Waals surface area (Å²) in [7, 11) is 1.56. The predicted molar refractivity (Wildman–Crippen MR) is 119 cm³/mol. The van der Waals surface area contributed by atoms with Crippen molar-refractivity contribution in [2.75, 3.05) is 19.0 Å². The molecular weight excluding hydrogens is 433 g/mol. The van der Waals surface area contributed by atoms with Gasteiger partial charge in [-0.05, 0) is 37.3 Å². The number of benzene rings is 2. The first kappa shape index (κ1) is 21.5. The Kier molecular flexibility index (Phi) is 7.05. The average molecular weight is 452 g/mol. The summed E-state index contributed by atoms with van der Waals surface area (Å²) in [5.74, 6) is 0.130. The predicted octanol–water partition coefficient (Wildman–Crippen LogP) is 4.98. The zero-order valence-corrected chi connectivity index (χ0v) is 18.1. The van der Waals surface area contributed by atoms with Gasteiger partial charge in [0.05, 0.1) is 17.2 Å². The van der Waals surface area contributed by atoms with Gasteiger partial charge in [-0.25, -0.2) is 4.99 Å². The number of hydrogen-bond acceptors (Lipinski definition) is 5. The lowest BCUT2D eigenvalue weighted by atomic mass is 10.2. The first-order valence-electron chi connectivity index (χ1n) is 8.87. The molecule has 6 nitrogen and oxygen atoms in total. The molecule has 0 aromatic heterocycles. The summed E-state index contributed by atoms with van der Waals surface area (Å²) in [6, 6.07) is 12.1. The van der Waals surface area contributed by atoms with Crippen LogP contribution in [0.1, 0.15) is 13.3 Å². The molecule has 1 fully saturated rings. The molecule has 1 unspecified atom stereocenters. The first-order valence-corrected chi connectivity index (χ1v) is 10.5. The van der Waals surface area contributed by atoms with Crippen LogP contribution < -0.4 is 10.1 Å². The van der Waals surface area contributed by atoms with Crippen molar-refractivity contribution in [2.24, 2.45) is 4.99 Å². The van der Waals surface area contributed by atoms with Crippen molar-refractivity contribution in [3.63, 3.8) is 0 Å². The zero-order valence-electron chi connectivity index (χ0n) is 15.8. The maximum absolute atomic E-state index is 12.8. The Labute approximate surface area is 183 Å². The number of nitrogens with one attached hydrogen (secondary N) is 1. The molecule has 1 atom stereocenters. The van der Waals surface area contributed by atoms with Gasteiger partial charge in [0.1, 0.15) is 16.7 Å². The van der Waals surface area contributed by atoms with Crippen LogP contribution in [0.4, 0.5) is 11.4 Å². The van der Waals surface area contributed by atoms with Gasteiger partial charge in [0.25, 0.3) is 0 Å². The summed E-state index contributed by atoms with van der Waals surface area (Å²) in [6.07, 6.45) is 0.0800. The Morgan fingerprint density at radius 1 is 1.28 bits per heavy atom. The van der Waals surface area contributed by atoms with E-state index in [0.29, 0.717) is 38.9 Å². The number of amides is 2. The fourth-order valence-electron chi connectivity index (χ4n) is 2.77. The van der Waals surface area contributed by atoms with Crippen molar-refractivity contribution in [2.45, 2.75) is 18.6 Å². The minimum atomic E-state index is -0.617. The van der Waals surface area contributed by atoms with Crippen LogP contribution in [0.2, 0.25) is 10.0 Å². The molecule has 1 aliphatic rings. The van der Waals surface area contributed by atoms with Crippen LogP contribution in [0.25, 0.3) is 0 Å². The molecule has 152 valence electrons. The number of hydrogen-bond donors (Lipinski definition) is 1. The van der Waals surface area contributed by atoms with Gasteiger partial charge in [-0.2, -0.15) is 0 Å². The van der Waals surface area contributed by atoms with Crippen molar-refractivity contribution in [1.82, 2.24) is 4.90 Å². The number of carbonyl (C=O) groups excluding carboxylic acids is 2. The van der Waals surface area contributed by atoms with Gasteiger partial charge >= 0.3 is 0 Å². The van der Waals surface area contributed by atoms with Crippen LogP contribution in [-0.2, 0) is 9.59 Å². The highest BCUT2D eigenvalue weighted by molar-refractivity contribution is 8.15. The Morgan fingerprint density at radius 3 is 2.72 bits per heavy atom. The highest BCUT2D eigenvalue weighted by Gasteiger charge is 2.35. The van der Waals surface area contributed by atoms with E-state index in [1.807, 2.05) is 19.1 Å². The quantitative estimate of drug-likeness (QED) is 0.695. The second-order valence-electron chi connectivity index (χ2n) is 6.13. The first-order chi connectivity index (χ1) is 13.9. The van der Waals surface area contributed by atoms with Gasteiger partial charge in [-0.1, -0.05) is 47.1 Å². The van der Waals surface area contributed by atoms with Crippen molar-refractivity contribution in [3.8, 4) is 5.75 Å². The van der Waals surface area contributed by atoms with Gasteiger partial charge in [-0.15, -0.1) is 0 Å². The lowest BCUT2D eigenvalue weighted by molar-refractivity contribution is -0.129. The van der Waals surface area contributed by atoms with Crippen LogP contribution in [0.5, 0.6) is 5.75 Å². The average Bonchev–Trinajstić information content (AvgIpc) is 2.71. The monoisotopic (exact) mass is 451 g/mol. The number of amidine groups is 1. The number of anilines is 1. The molecule has 0 spiro atoms. The van der Waals surface area contributed by atoms with E-state index in [1.165, 1.54) is 11.8 Å². The molecule has 9 heteroatoms. The molecule has 1 saturated heterocycles. The standard InChI is InChI=1S/C20H19Cl2N3O3S/c1-3-25-18(26)11-17(19(27)23-12-8-9-13(21)14(22)10-12)29-20(25)24-15-6-4-5-7-16(15)28-2/h4-10,17H,3,11H2,1-2H3,(H,23,27). The Hall–Kier alpha value is -2.22. The molecule has 0 aliphatic carbocycles. The van der Waals surface area contributed by atoms with Gasteiger partial charge in [0.15, 0.2) is 5.17 Å². The third-order valence-electron chi connectivity index (χ3n) is 4.24. The van der Waals surface area contributed by atoms with E-state index in [-0.39, 0.29) is 18.2 Å². The summed E-state index contributed by atoms with van der Waals surface area (Å²) in [5.41, 5.74) is 1.10. The lowest BCUT2D eigenvalue weighted by Gasteiger charge is -2.31. The smallest absolute Gasteiger partial charge is 0.238 e. The maximum Gasteiger partial charge on any atom is 0.238 e. The van der Waals surface area contributed by atoms with Crippen molar-refractivity contribution in [3.05, 3.63) is 52.5 Å². The van der Waals surface area contributed by atoms with Crippen molar-refractivity contribution < 1.29 is 14.3 Å². The number of thioether (sulfide) groups is 1. The lowest BCUT2D eigenvalue weighted by Crippen LogP contribution is -2.45. The fourth-order valence-corrected chi connectivity index (χ4v) is 4.23. The van der Waals surface area contributed by atoms with Crippen molar-refractivity contribution >= 4 is 63.3 Å². The topological polar surface area (TPSA) is 71.0 Å².